The smallest absolute Gasteiger partial charge is 0.261 e. The van der Waals surface area contributed by atoms with Crippen molar-refractivity contribution >= 4 is 40.6 Å². The van der Waals surface area contributed by atoms with Crippen LogP contribution >= 0.6 is 11.9 Å². The molecule has 3 aromatic rings. The number of fused-ring (bicyclic) bond motifs is 7. The van der Waals surface area contributed by atoms with E-state index in [1.54, 1.807) is 14.0 Å². The minimum absolute atomic E-state index is 0.0852. The van der Waals surface area contributed by atoms with Crippen molar-refractivity contribution in [3.63, 3.8) is 0 Å². The number of rotatable bonds is 6. The highest BCUT2D eigenvalue weighted by atomic mass is 32.2. The summed E-state index contributed by atoms with van der Waals surface area (Å²) in [5, 5.41) is 1.49. The van der Waals surface area contributed by atoms with E-state index in [1.807, 2.05) is 6.07 Å². The lowest BCUT2D eigenvalue weighted by molar-refractivity contribution is -0.142. The van der Waals surface area contributed by atoms with Crippen molar-refractivity contribution in [1.29, 1.82) is 0 Å². The number of carbonyl (C=O) groups is 3. The first-order valence-electron chi connectivity index (χ1n) is 18.5. The first-order chi connectivity index (χ1) is 23.7. The quantitative estimate of drug-likeness (QED) is 0.270. The Bertz CT molecular complexity index is 1820. The van der Waals surface area contributed by atoms with Crippen LogP contribution in [0.2, 0.25) is 0 Å². The molecule has 8 rings (SSSR count). The molecule has 2 aliphatic carbocycles. The largest absolute Gasteiger partial charge is 0.497 e. The van der Waals surface area contributed by atoms with Gasteiger partial charge in [-0.15, -0.1) is 0 Å². The zero-order valence-corrected chi connectivity index (χ0v) is 30.3. The third-order valence-electron chi connectivity index (χ3n) is 12.6. The van der Waals surface area contributed by atoms with Crippen molar-refractivity contribution < 1.29 is 19.1 Å². The van der Waals surface area contributed by atoms with Gasteiger partial charge in [0.1, 0.15) is 5.75 Å². The number of hydrogen-bond acceptors (Lipinski definition) is 5. The van der Waals surface area contributed by atoms with Crippen LogP contribution in [0.5, 0.6) is 5.75 Å². The molecule has 1 aromatic heterocycles. The maximum absolute atomic E-state index is 15.0. The lowest BCUT2D eigenvalue weighted by Crippen LogP contribution is -2.55. The van der Waals surface area contributed by atoms with Gasteiger partial charge in [-0.05, 0) is 104 Å². The molecule has 5 aliphatic rings. The number of piperidine rings is 1. The highest BCUT2D eigenvalue weighted by Gasteiger charge is 2.64. The Kier molecular flexibility index (Phi) is 8.28. The number of methoxy groups -OCH3 is 1. The number of ether oxygens (including phenoxy) is 1. The number of nitrogens with zero attached hydrogens (tertiary/aromatic N) is 3. The second-order valence-electron chi connectivity index (χ2n) is 15.7. The Hall–Kier alpha value is -3.46. The Labute approximate surface area is 294 Å². The van der Waals surface area contributed by atoms with Crippen LogP contribution < -0.4 is 9.46 Å². The predicted octanol–water partition coefficient (Wildman–Crippen LogP) is 7.64. The summed E-state index contributed by atoms with van der Waals surface area (Å²) in [6.07, 6.45) is 10.6. The third kappa shape index (κ3) is 5.37. The van der Waals surface area contributed by atoms with Gasteiger partial charge in [-0.1, -0.05) is 39.2 Å². The number of aromatic nitrogens is 1. The van der Waals surface area contributed by atoms with Gasteiger partial charge in [-0.3, -0.25) is 19.1 Å². The molecule has 0 bridgehead atoms. The van der Waals surface area contributed by atoms with Crippen LogP contribution in [-0.4, -0.2) is 69.6 Å². The molecule has 2 saturated carbocycles. The summed E-state index contributed by atoms with van der Waals surface area (Å²) < 4.78 is 11.2. The Morgan fingerprint density at radius 2 is 1.73 bits per heavy atom. The summed E-state index contributed by atoms with van der Waals surface area (Å²) in [6, 6.07) is 12.7. The van der Waals surface area contributed by atoms with Gasteiger partial charge in [0.2, 0.25) is 11.8 Å². The molecule has 3 amide bonds. The molecular formula is C40H50N4O4S. The monoisotopic (exact) mass is 682 g/mol. The van der Waals surface area contributed by atoms with E-state index in [9.17, 15) is 14.4 Å². The summed E-state index contributed by atoms with van der Waals surface area (Å²) in [5.74, 6) is 1.67. The van der Waals surface area contributed by atoms with E-state index >= 15 is 0 Å². The molecule has 1 spiro atoms. The van der Waals surface area contributed by atoms with E-state index in [0.717, 1.165) is 62.8 Å². The van der Waals surface area contributed by atoms with Gasteiger partial charge < -0.3 is 19.1 Å². The number of nitrogens with one attached hydrogen (secondary N) is 1. The van der Waals surface area contributed by atoms with Crippen LogP contribution in [-0.2, 0) is 16.1 Å². The van der Waals surface area contributed by atoms with Crippen molar-refractivity contribution in [3.05, 3.63) is 53.1 Å². The van der Waals surface area contributed by atoms with Crippen LogP contribution in [0.25, 0.3) is 22.2 Å². The van der Waals surface area contributed by atoms with E-state index in [-0.39, 0.29) is 34.4 Å². The van der Waals surface area contributed by atoms with Gasteiger partial charge in [0.25, 0.3) is 5.91 Å². The van der Waals surface area contributed by atoms with E-state index in [4.69, 9.17) is 4.74 Å². The van der Waals surface area contributed by atoms with Crippen LogP contribution in [0.1, 0.15) is 118 Å². The SMILES string of the molecule is COc1ccc2c(c1)C1CC1(C(=O)N1CCC3(CCCN3C(C)=O)CC1)Cn1c-2c(C2CCCCC2)c2ccc(C(=O)NSC(C)C)cc21. The van der Waals surface area contributed by atoms with Crippen molar-refractivity contribution in [1.82, 2.24) is 19.1 Å². The van der Waals surface area contributed by atoms with Crippen LogP contribution in [0.15, 0.2) is 36.4 Å². The number of likely N-dealkylation sites (tertiary alicyclic amines) is 2. The Balaban J connectivity index is 1.23. The highest BCUT2D eigenvalue weighted by Crippen LogP contribution is 2.66. The average Bonchev–Trinajstić information content (AvgIpc) is 3.60. The predicted molar refractivity (Wildman–Crippen MR) is 195 cm³/mol. The zero-order valence-electron chi connectivity index (χ0n) is 29.5. The van der Waals surface area contributed by atoms with Crippen molar-refractivity contribution in [2.45, 2.75) is 114 Å². The van der Waals surface area contributed by atoms with E-state index in [0.29, 0.717) is 31.1 Å². The molecule has 3 aliphatic heterocycles. The first-order valence-corrected chi connectivity index (χ1v) is 19.4. The van der Waals surface area contributed by atoms with Gasteiger partial charge >= 0.3 is 0 Å². The topological polar surface area (TPSA) is 83.9 Å². The summed E-state index contributed by atoms with van der Waals surface area (Å²) in [4.78, 5) is 45.1. The standard InChI is InChI=1S/C40H50N4O4S/c1-25(2)49-41-37(46)28-11-13-31-34(21-28)43-24-40(38(47)42-19-16-39(17-20-42)15-8-18-44(39)26(3)45)23-33(40)32-22-29(48-4)12-14-30(32)36(43)35(31)27-9-6-5-7-10-27/h11-14,21-22,25,27,33H,5-10,15-20,23-24H2,1-4H3,(H,41,46). The molecule has 4 fully saturated rings. The second kappa shape index (κ2) is 12.4. The molecule has 1 N–H and O–H groups in total. The van der Waals surface area contributed by atoms with Gasteiger partial charge in [0.05, 0.1) is 18.2 Å². The summed E-state index contributed by atoms with van der Waals surface area (Å²) in [7, 11) is 1.72. The molecule has 9 heteroatoms. The average molecular weight is 683 g/mol. The Morgan fingerprint density at radius 1 is 0.959 bits per heavy atom. The molecule has 2 aromatic carbocycles. The normalized spacial score (nSPS) is 24.4. The Morgan fingerprint density at radius 3 is 2.45 bits per heavy atom. The summed E-state index contributed by atoms with van der Waals surface area (Å²) in [6.45, 7) is 8.63. The molecule has 260 valence electrons. The van der Waals surface area contributed by atoms with Crippen LogP contribution in [0.4, 0.5) is 0 Å². The third-order valence-corrected chi connectivity index (χ3v) is 13.3. The van der Waals surface area contributed by atoms with E-state index in [2.05, 4.69) is 63.3 Å². The molecule has 4 heterocycles. The summed E-state index contributed by atoms with van der Waals surface area (Å²) in [5.41, 5.74) is 6.08. The van der Waals surface area contributed by atoms with Gasteiger partial charge in [-0.2, -0.15) is 0 Å². The van der Waals surface area contributed by atoms with Crippen molar-refractivity contribution in [2.24, 2.45) is 5.41 Å². The van der Waals surface area contributed by atoms with E-state index < -0.39 is 5.41 Å². The number of hydrogen-bond donors (Lipinski definition) is 1. The number of amides is 3. The van der Waals surface area contributed by atoms with E-state index in [1.165, 1.54) is 59.0 Å². The zero-order chi connectivity index (χ0) is 34.1. The molecule has 2 unspecified atom stereocenters. The molecule has 49 heavy (non-hydrogen) atoms. The molecule has 8 nitrogen and oxygen atoms in total. The highest BCUT2D eigenvalue weighted by molar-refractivity contribution is 7.98. The molecular weight excluding hydrogens is 633 g/mol. The molecule has 2 saturated heterocycles. The van der Waals surface area contributed by atoms with Gasteiger partial charge in [0, 0.05) is 71.8 Å². The van der Waals surface area contributed by atoms with Crippen molar-refractivity contribution in [2.75, 3.05) is 26.7 Å². The first kappa shape index (κ1) is 32.7. The van der Waals surface area contributed by atoms with Crippen LogP contribution in [0.3, 0.4) is 0 Å². The van der Waals surface area contributed by atoms with Crippen molar-refractivity contribution in [3.8, 4) is 17.0 Å². The second-order valence-corrected chi connectivity index (χ2v) is 17.1. The maximum Gasteiger partial charge on any atom is 0.261 e. The minimum Gasteiger partial charge on any atom is -0.497 e. The minimum atomic E-state index is -0.561. The molecule has 0 radical (unpaired) electrons. The lowest BCUT2D eigenvalue weighted by atomic mass is 9.81. The summed E-state index contributed by atoms with van der Waals surface area (Å²) >= 11 is 1.44. The van der Waals surface area contributed by atoms with Gasteiger partial charge in [-0.25, -0.2) is 0 Å². The maximum atomic E-state index is 15.0. The fourth-order valence-corrected chi connectivity index (χ4v) is 10.5. The molecule has 2 atom stereocenters. The number of carbonyl (C=O) groups excluding carboxylic acids is 3. The fraction of sp³-hybridized carbons (Fsp3) is 0.575. The lowest BCUT2D eigenvalue weighted by Gasteiger charge is -2.45. The van der Waals surface area contributed by atoms with Crippen LogP contribution in [0, 0.1) is 5.41 Å². The fourth-order valence-electron chi connectivity index (χ4n) is 10.0. The number of benzene rings is 2. The van der Waals surface area contributed by atoms with Gasteiger partial charge in [0.15, 0.2) is 0 Å².